The lowest BCUT2D eigenvalue weighted by Crippen LogP contribution is -2.35. The Labute approximate surface area is 172 Å². The van der Waals surface area contributed by atoms with Crippen LogP contribution in [0.5, 0.6) is 5.75 Å². The van der Waals surface area contributed by atoms with Crippen LogP contribution in [0.2, 0.25) is 0 Å². The number of piperidine rings is 1. The average molecular weight is 442 g/mol. The van der Waals surface area contributed by atoms with Crippen molar-refractivity contribution in [3.63, 3.8) is 0 Å². The van der Waals surface area contributed by atoms with E-state index in [9.17, 15) is 26.4 Å². The smallest absolute Gasteiger partial charge is 0.418 e. The van der Waals surface area contributed by atoms with Gasteiger partial charge in [-0.3, -0.25) is 4.79 Å². The van der Waals surface area contributed by atoms with Gasteiger partial charge < -0.3 is 10.1 Å². The molecule has 10 heteroatoms. The van der Waals surface area contributed by atoms with E-state index in [2.05, 4.69) is 5.32 Å². The molecule has 1 aliphatic rings. The van der Waals surface area contributed by atoms with Gasteiger partial charge >= 0.3 is 6.18 Å². The molecule has 0 bridgehead atoms. The molecular formula is C20H21F3N2O4S. The van der Waals surface area contributed by atoms with Crippen LogP contribution < -0.4 is 10.1 Å². The Kier molecular flexibility index (Phi) is 6.67. The number of rotatable bonds is 6. The molecule has 1 aliphatic heterocycles. The number of nitrogens with one attached hydrogen (secondary N) is 1. The molecule has 1 saturated heterocycles. The highest BCUT2D eigenvalue weighted by atomic mass is 32.2. The number of hydrogen-bond donors (Lipinski definition) is 1. The highest BCUT2D eigenvalue weighted by Crippen LogP contribution is 2.34. The molecule has 0 atom stereocenters. The number of nitrogens with zero attached hydrogens (tertiary/aromatic N) is 1. The number of hydrogen-bond acceptors (Lipinski definition) is 4. The Bertz CT molecular complexity index is 986. The number of halogens is 3. The molecular weight excluding hydrogens is 421 g/mol. The van der Waals surface area contributed by atoms with Crippen molar-refractivity contribution in [1.29, 1.82) is 0 Å². The van der Waals surface area contributed by atoms with Crippen LogP contribution in [0.3, 0.4) is 0 Å². The molecule has 0 aliphatic carbocycles. The molecule has 30 heavy (non-hydrogen) atoms. The molecule has 0 spiro atoms. The van der Waals surface area contributed by atoms with Crippen LogP contribution in [-0.4, -0.2) is 38.3 Å². The van der Waals surface area contributed by atoms with Gasteiger partial charge in [-0.25, -0.2) is 8.42 Å². The lowest BCUT2D eigenvalue weighted by atomic mass is 10.1. The summed E-state index contributed by atoms with van der Waals surface area (Å²) in [6, 6.07) is 10.2. The van der Waals surface area contributed by atoms with E-state index in [4.69, 9.17) is 4.74 Å². The van der Waals surface area contributed by atoms with Gasteiger partial charge in [-0.15, -0.1) is 0 Å². The van der Waals surface area contributed by atoms with E-state index >= 15 is 0 Å². The number of carbonyl (C=O) groups is 1. The molecule has 1 heterocycles. The number of carbonyl (C=O) groups excluding carboxylic acids is 1. The predicted molar refractivity (Wildman–Crippen MR) is 105 cm³/mol. The SMILES string of the molecule is O=C(COc1ccc(S(=O)(=O)N2CCCCC2)cc1)Nc1ccccc1C(F)(F)F. The maximum atomic E-state index is 13.0. The van der Waals surface area contributed by atoms with Gasteiger partial charge in [0.2, 0.25) is 10.0 Å². The number of ether oxygens (including phenoxy) is 1. The van der Waals surface area contributed by atoms with Crippen LogP contribution in [0.15, 0.2) is 53.4 Å². The van der Waals surface area contributed by atoms with Crippen molar-refractivity contribution < 1.29 is 31.1 Å². The molecule has 1 amide bonds. The zero-order valence-electron chi connectivity index (χ0n) is 16.0. The maximum absolute atomic E-state index is 13.0. The predicted octanol–water partition coefficient (Wildman–Crippen LogP) is 3.90. The second kappa shape index (κ2) is 9.05. The molecule has 2 aromatic carbocycles. The molecule has 162 valence electrons. The minimum Gasteiger partial charge on any atom is -0.484 e. The second-order valence-electron chi connectivity index (χ2n) is 6.82. The molecule has 0 unspecified atom stereocenters. The van der Waals surface area contributed by atoms with Crippen LogP contribution in [0.4, 0.5) is 18.9 Å². The van der Waals surface area contributed by atoms with Gasteiger partial charge in [0.25, 0.3) is 5.91 Å². The molecule has 0 saturated carbocycles. The van der Waals surface area contributed by atoms with Crippen molar-refractivity contribution in [3.8, 4) is 5.75 Å². The number of alkyl halides is 3. The summed E-state index contributed by atoms with van der Waals surface area (Å²) in [5.41, 5.74) is -1.31. The maximum Gasteiger partial charge on any atom is 0.418 e. The highest BCUT2D eigenvalue weighted by molar-refractivity contribution is 7.89. The minimum absolute atomic E-state index is 0.125. The quantitative estimate of drug-likeness (QED) is 0.736. The van der Waals surface area contributed by atoms with Crippen molar-refractivity contribution >= 4 is 21.6 Å². The number of para-hydroxylation sites is 1. The fourth-order valence-corrected chi connectivity index (χ4v) is 4.65. The monoisotopic (exact) mass is 442 g/mol. The first kappa shape index (κ1) is 22.1. The van der Waals surface area contributed by atoms with Gasteiger partial charge in [0, 0.05) is 13.1 Å². The summed E-state index contributed by atoms with van der Waals surface area (Å²) in [7, 11) is -3.58. The fraction of sp³-hybridized carbons (Fsp3) is 0.350. The van der Waals surface area contributed by atoms with Crippen LogP contribution in [0, 0.1) is 0 Å². The van der Waals surface area contributed by atoms with E-state index in [0.29, 0.717) is 13.1 Å². The number of sulfonamides is 1. The fourth-order valence-electron chi connectivity index (χ4n) is 3.14. The third-order valence-electron chi connectivity index (χ3n) is 4.65. The number of benzene rings is 2. The van der Waals surface area contributed by atoms with E-state index in [1.54, 1.807) is 0 Å². The molecule has 2 aromatic rings. The van der Waals surface area contributed by atoms with Gasteiger partial charge in [-0.2, -0.15) is 17.5 Å². The van der Waals surface area contributed by atoms with Gasteiger partial charge in [-0.1, -0.05) is 18.6 Å². The number of anilines is 1. The van der Waals surface area contributed by atoms with Crippen molar-refractivity contribution in [2.45, 2.75) is 30.3 Å². The van der Waals surface area contributed by atoms with Crippen LogP contribution in [0.25, 0.3) is 0 Å². The lowest BCUT2D eigenvalue weighted by molar-refractivity contribution is -0.137. The van der Waals surface area contributed by atoms with Crippen molar-refractivity contribution in [2.75, 3.05) is 25.0 Å². The minimum atomic E-state index is -4.60. The molecule has 1 fully saturated rings. The normalized spacial score (nSPS) is 15.6. The van der Waals surface area contributed by atoms with E-state index in [0.717, 1.165) is 31.4 Å². The standard InChI is InChI=1S/C20H21F3N2O4S/c21-20(22,23)17-6-2-3-7-18(17)24-19(26)14-29-15-8-10-16(11-9-15)30(27,28)25-12-4-1-5-13-25/h2-3,6-11H,1,4-5,12-14H2,(H,24,26). The number of amides is 1. The van der Waals surface area contributed by atoms with Gasteiger partial charge in [0.15, 0.2) is 6.61 Å². The molecule has 0 radical (unpaired) electrons. The first-order valence-corrected chi connectivity index (χ1v) is 10.8. The van der Waals surface area contributed by atoms with Crippen molar-refractivity contribution in [2.24, 2.45) is 0 Å². The molecule has 0 aromatic heterocycles. The summed E-state index contributed by atoms with van der Waals surface area (Å²) in [6.07, 6.45) is -1.94. The van der Waals surface area contributed by atoms with E-state index < -0.39 is 34.3 Å². The van der Waals surface area contributed by atoms with Gasteiger partial charge in [0.05, 0.1) is 16.1 Å². The topological polar surface area (TPSA) is 75.7 Å². The van der Waals surface area contributed by atoms with Gasteiger partial charge in [-0.05, 0) is 49.2 Å². The lowest BCUT2D eigenvalue weighted by Gasteiger charge is -2.25. The van der Waals surface area contributed by atoms with E-state index in [-0.39, 0.29) is 16.3 Å². The third-order valence-corrected chi connectivity index (χ3v) is 6.57. The average Bonchev–Trinajstić information content (AvgIpc) is 2.73. The van der Waals surface area contributed by atoms with E-state index in [1.165, 1.54) is 40.7 Å². The van der Waals surface area contributed by atoms with Crippen LogP contribution in [0.1, 0.15) is 24.8 Å². The summed E-state index contributed by atoms with van der Waals surface area (Å²) >= 11 is 0. The summed E-state index contributed by atoms with van der Waals surface area (Å²) in [4.78, 5) is 12.1. The van der Waals surface area contributed by atoms with Crippen molar-refractivity contribution in [1.82, 2.24) is 4.31 Å². The zero-order chi connectivity index (χ0) is 21.8. The third kappa shape index (κ3) is 5.31. The van der Waals surface area contributed by atoms with Crippen molar-refractivity contribution in [3.05, 3.63) is 54.1 Å². The molecule has 6 nitrogen and oxygen atoms in total. The zero-order valence-corrected chi connectivity index (χ0v) is 16.8. The Morgan fingerprint density at radius 3 is 2.27 bits per heavy atom. The molecule has 3 rings (SSSR count). The first-order chi connectivity index (χ1) is 14.2. The molecule has 1 N–H and O–H groups in total. The largest absolute Gasteiger partial charge is 0.484 e. The highest BCUT2D eigenvalue weighted by Gasteiger charge is 2.33. The van der Waals surface area contributed by atoms with Crippen LogP contribution in [-0.2, 0) is 21.0 Å². The Morgan fingerprint density at radius 1 is 1.00 bits per heavy atom. The second-order valence-corrected chi connectivity index (χ2v) is 8.75. The summed E-state index contributed by atoms with van der Waals surface area (Å²) in [5.74, 6) is -0.538. The van der Waals surface area contributed by atoms with Crippen LogP contribution >= 0.6 is 0 Å². The van der Waals surface area contributed by atoms with Gasteiger partial charge in [0.1, 0.15) is 5.75 Å². The Balaban J connectivity index is 1.60. The summed E-state index contributed by atoms with van der Waals surface area (Å²) in [6.45, 7) is 0.449. The Hall–Kier alpha value is -2.59. The first-order valence-electron chi connectivity index (χ1n) is 9.37. The summed E-state index contributed by atoms with van der Waals surface area (Å²) < 4.78 is 70.9. The Morgan fingerprint density at radius 2 is 1.63 bits per heavy atom. The van der Waals surface area contributed by atoms with E-state index in [1.807, 2.05) is 0 Å². The summed E-state index contributed by atoms with van der Waals surface area (Å²) in [5, 5.41) is 2.18.